The third-order valence-electron chi connectivity index (χ3n) is 18.7. The van der Waals surface area contributed by atoms with Crippen molar-refractivity contribution in [2.75, 3.05) is 9.80 Å². The zero-order chi connectivity index (χ0) is 54.2. The van der Waals surface area contributed by atoms with Crippen LogP contribution in [-0.4, -0.2) is 0 Å². The van der Waals surface area contributed by atoms with Crippen LogP contribution in [0.25, 0.3) is 66.8 Å². The summed E-state index contributed by atoms with van der Waals surface area (Å²) < 4.78 is 0. The third kappa shape index (κ3) is 6.62. The van der Waals surface area contributed by atoms with E-state index in [4.69, 9.17) is 0 Å². The second kappa shape index (κ2) is 17.6. The quantitative estimate of drug-likeness (QED) is 0.150. The van der Waals surface area contributed by atoms with Gasteiger partial charge in [0.2, 0.25) is 0 Å². The summed E-state index contributed by atoms with van der Waals surface area (Å²) >= 11 is 0. The number of fused-ring (bicyclic) bond motifs is 16. The van der Waals surface area contributed by atoms with Crippen LogP contribution in [0, 0.1) is 0 Å². The Morgan fingerprint density at radius 1 is 0.222 bits per heavy atom. The largest absolute Gasteiger partial charge is 0.309 e. The van der Waals surface area contributed by atoms with E-state index in [2.05, 4.69) is 317 Å². The Labute approximate surface area is 475 Å². The van der Waals surface area contributed by atoms with Crippen molar-refractivity contribution in [2.24, 2.45) is 0 Å². The minimum Gasteiger partial charge on any atom is -0.309 e. The standard InChI is InChI=1S/C79H58N2/c1-77(2)63-35-17-11-31-57(63)59-47-45-53(49-69(59)77)80(71-41-21-15-29-55(71)51-25-7-5-8-26-51)73-43-23-39-67-75(73)61-33-13-19-37-65(61)79(67)66-38-20-14-34-62(66)76-68(79)40-24-44-74(76)81(72-42-22-16-30-56(72)52-27-9-6-10-28-52)54-46-48-60-58-32-12-18-36-64(58)78(3,4)70(60)50-54/h5-50H,1-4H3. The Hall–Kier alpha value is -9.76. The average molecular weight is 1040 g/mol. The van der Waals surface area contributed by atoms with Crippen molar-refractivity contribution >= 4 is 34.1 Å². The van der Waals surface area contributed by atoms with Gasteiger partial charge in [-0.3, -0.25) is 0 Å². The Morgan fingerprint density at radius 2 is 0.531 bits per heavy atom. The molecule has 12 aromatic carbocycles. The Balaban J connectivity index is 0.961. The van der Waals surface area contributed by atoms with Crippen LogP contribution in [0.15, 0.2) is 279 Å². The molecule has 4 aliphatic rings. The predicted octanol–water partition coefficient (Wildman–Crippen LogP) is 20.9. The van der Waals surface area contributed by atoms with Crippen LogP contribution in [-0.2, 0) is 16.2 Å². The van der Waals surface area contributed by atoms with Gasteiger partial charge in [-0.25, -0.2) is 0 Å². The normalized spacial score (nSPS) is 14.5. The predicted molar refractivity (Wildman–Crippen MR) is 338 cm³/mol. The van der Waals surface area contributed by atoms with Crippen LogP contribution in [0.4, 0.5) is 34.1 Å². The summed E-state index contributed by atoms with van der Waals surface area (Å²) in [5.41, 5.74) is 31.4. The van der Waals surface area contributed by atoms with Gasteiger partial charge in [0.05, 0.1) is 28.2 Å². The summed E-state index contributed by atoms with van der Waals surface area (Å²) in [5, 5.41) is 0. The smallest absolute Gasteiger partial charge is 0.0727 e. The molecule has 0 unspecified atom stereocenters. The van der Waals surface area contributed by atoms with Gasteiger partial charge in [0.15, 0.2) is 0 Å². The first-order chi connectivity index (χ1) is 39.7. The highest BCUT2D eigenvalue weighted by Gasteiger charge is 2.53. The molecule has 0 aromatic heterocycles. The van der Waals surface area contributed by atoms with Crippen molar-refractivity contribution < 1.29 is 0 Å². The highest BCUT2D eigenvalue weighted by molar-refractivity contribution is 6.06. The molecular formula is C79H58N2. The molecule has 81 heavy (non-hydrogen) atoms. The van der Waals surface area contributed by atoms with Crippen molar-refractivity contribution in [1.29, 1.82) is 0 Å². The second-order valence-corrected chi connectivity index (χ2v) is 23.5. The number of para-hydroxylation sites is 2. The lowest BCUT2D eigenvalue weighted by Gasteiger charge is -2.34. The van der Waals surface area contributed by atoms with Crippen LogP contribution in [0.1, 0.15) is 72.2 Å². The minimum atomic E-state index is -0.651. The molecule has 4 aliphatic carbocycles. The molecular weight excluding hydrogens is 977 g/mol. The van der Waals surface area contributed by atoms with E-state index in [0.717, 1.165) is 34.1 Å². The molecule has 0 radical (unpaired) electrons. The first-order valence-corrected chi connectivity index (χ1v) is 28.6. The summed E-state index contributed by atoms with van der Waals surface area (Å²) in [4.78, 5) is 5.15. The van der Waals surface area contributed by atoms with Crippen LogP contribution < -0.4 is 9.80 Å². The van der Waals surface area contributed by atoms with Gasteiger partial charge < -0.3 is 9.80 Å². The summed E-state index contributed by atoms with van der Waals surface area (Å²) in [7, 11) is 0. The second-order valence-electron chi connectivity index (χ2n) is 23.5. The van der Waals surface area contributed by atoms with E-state index in [1.165, 1.54) is 111 Å². The number of hydrogen-bond acceptors (Lipinski definition) is 2. The zero-order valence-electron chi connectivity index (χ0n) is 46.0. The maximum Gasteiger partial charge on any atom is 0.0727 e. The third-order valence-corrected chi connectivity index (χ3v) is 18.7. The molecule has 0 N–H and O–H groups in total. The summed E-state index contributed by atoms with van der Waals surface area (Å²) in [5.74, 6) is 0. The molecule has 12 aromatic rings. The fourth-order valence-electron chi connectivity index (χ4n) is 15.1. The molecule has 0 aliphatic heterocycles. The van der Waals surface area contributed by atoms with Crippen LogP contribution >= 0.6 is 0 Å². The van der Waals surface area contributed by atoms with E-state index in [9.17, 15) is 0 Å². The first-order valence-electron chi connectivity index (χ1n) is 28.6. The van der Waals surface area contributed by atoms with Crippen LogP contribution in [0.5, 0.6) is 0 Å². The summed E-state index contributed by atoms with van der Waals surface area (Å²) in [6, 6.07) is 105. The molecule has 0 fully saturated rings. The minimum absolute atomic E-state index is 0.187. The molecule has 0 atom stereocenters. The zero-order valence-corrected chi connectivity index (χ0v) is 46.0. The van der Waals surface area contributed by atoms with Gasteiger partial charge in [0.1, 0.15) is 0 Å². The summed E-state index contributed by atoms with van der Waals surface area (Å²) in [6.45, 7) is 9.55. The summed E-state index contributed by atoms with van der Waals surface area (Å²) in [6.07, 6.45) is 0. The molecule has 2 nitrogen and oxygen atoms in total. The molecule has 0 heterocycles. The van der Waals surface area contributed by atoms with Gasteiger partial charge in [-0.2, -0.15) is 0 Å². The Morgan fingerprint density at radius 3 is 0.951 bits per heavy atom. The van der Waals surface area contributed by atoms with E-state index in [-0.39, 0.29) is 10.8 Å². The van der Waals surface area contributed by atoms with Crippen LogP contribution in [0.3, 0.4) is 0 Å². The van der Waals surface area contributed by atoms with E-state index < -0.39 is 5.41 Å². The van der Waals surface area contributed by atoms with Crippen molar-refractivity contribution in [3.8, 4) is 66.8 Å². The van der Waals surface area contributed by atoms with Gasteiger partial charge in [0.25, 0.3) is 0 Å². The lowest BCUT2D eigenvalue weighted by molar-refractivity contribution is 0.660. The van der Waals surface area contributed by atoms with Crippen molar-refractivity contribution in [3.05, 3.63) is 324 Å². The van der Waals surface area contributed by atoms with Gasteiger partial charge >= 0.3 is 0 Å². The van der Waals surface area contributed by atoms with Gasteiger partial charge in [-0.05, 0) is 138 Å². The van der Waals surface area contributed by atoms with Gasteiger partial charge in [-0.1, -0.05) is 258 Å². The number of rotatable bonds is 8. The Bertz CT molecular complexity index is 4250. The van der Waals surface area contributed by atoms with Crippen LogP contribution in [0.2, 0.25) is 0 Å². The molecule has 0 saturated carbocycles. The number of hydrogen-bond donors (Lipinski definition) is 0. The lowest BCUT2D eigenvalue weighted by atomic mass is 9.70. The lowest BCUT2D eigenvalue weighted by Crippen LogP contribution is -2.26. The average Bonchev–Trinajstić information content (AvgIpc) is 4.36. The molecule has 2 heteroatoms. The monoisotopic (exact) mass is 1030 g/mol. The SMILES string of the molecule is CC1(C)c2ccccc2-c2ccc(N(c3ccccc3-c3ccccc3)c3cccc4c3-c3ccccc3C43c4ccccc4-c4c(N(c5ccc6c(c5)C(C)(C)c5ccccc5-6)c5ccccc5-c5ccccc5)cccc43)cc21. The molecule has 0 amide bonds. The number of anilines is 6. The molecule has 16 rings (SSSR count). The topological polar surface area (TPSA) is 6.48 Å². The van der Waals surface area contributed by atoms with Gasteiger partial charge in [0, 0.05) is 44.5 Å². The number of nitrogens with zero attached hydrogens (tertiary/aromatic N) is 2. The van der Waals surface area contributed by atoms with Gasteiger partial charge in [-0.15, -0.1) is 0 Å². The Kier molecular flexibility index (Phi) is 10.3. The maximum atomic E-state index is 2.57. The van der Waals surface area contributed by atoms with Crippen molar-refractivity contribution in [3.63, 3.8) is 0 Å². The van der Waals surface area contributed by atoms with E-state index in [1.807, 2.05) is 0 Å². The fourth-order valence-corrected chi connectivity index (χ4v) is 15.1. The van der Waals surface area contributed by atoms with E-state index >= 15 is 0 Å². The van der Waals surface area contributed by atoms with E-state index in [1.54, 1.807) is 0 Å². The first kappa shape index (κ1) is 47.3. The van der Waals surface area contributed by atoms with E-state index in [0.29, 0.717) is 0 Å². The molecule has 0 bridgehead atoms. The highest BCUT2D eigenvalue weighted by Crippen LogP contribution is 2.67. The fraction of sp³-hybridized carbons (Fsp3) is 0.0886. The number of benzene rings is 12. The highest BCUT2D eigenvalue weighted by atomic mass is 15.2. The molecule has 0 saturated heterocycles. The van der Waals surface area contributed by atoms with Crippen molar-refractivity contribution in [2.45, 2.75) is 43.9 Å². The maximum absolute atomic E-state index is 2.57. The van der Waals surface area contributed by atoms with Crippen molar-refractivity contribution in [1.82, 2.24) is 0 Å². The molecule has 1 spiro atoms. The molecule has 384 valence electrons.